The molecule has 0 fully saturated rings. The quantitative estimate of drug-likeness (QED) is 0.184. The first kappa shape index (κ1) is 30.4. The van der Waals surface area contributed by atoms with Gasteiger partial charge in [0.1, 0.15) is 5.69 Å². The summed E-state index contributed by atoms with van der Waals surface area (Å²) < 4.78 is 4.74. The first-order valence-corrected chi connectivity index (χ1v) is 19.0. The minimum absolute atomic E-state index is 0.133. The molecule has 0 saturated heterocycles. The number of nitrogens with zero attached hydrogens (tertiary/aromatic N) is 4. The van der Waals surface area contributed by atoms with Crippen molar-refractivity contribution in [1.82, 2.24) is 19.1 Å². The van der Waals surface area contributed by atoms with Gasteiger partial charge in [-0.3, -0.25) is 4.57 Å². The van der Waals surface area contributed by atoms with Gasteiger partial charge in [-0.25, -0.2) is 9.97 Å². The number of hydrogen-bond donors (Lipinski definition) is 0. The molecule has 1 aliphatic rings. The van der Waals surface area contributed by atoms with Gasteiger partial charge in [0, 0.05) is 38.2 Å². The Hall–Kier alpha value is -7.04. The highest BCUT2D eigenvalue weighted by Gasteiger charge is 2.35. The molecule has 0 aliphatic heterocycles. The van der Waals surface area contributed by atoms with Gasteiger partial charge in [-0.1, -0.05) is 123 Å². The summed E-state index contributed by atoms with van der Waals surface area (Å²) in [7, 11) is 0. The van der Waals surface area contributed by atoms with E-state index in [-0.39, 0.29) is 5.41 Å². The van der Waals surface area contributed by atoms with E-state index < -0.39 is 0 Å². The Kier molecular flexibility index (Phi) is 6.09. The van der Waals surface area contributed by atoms with Crippen molar-refractivity contribution in [3.63, 3.8) is 0 Å². The molecule has 258 valence electrons. The van der Waals surface area contributed by atoms with Crippen molar-refractivity contribution in [3.05, 3.63) is 181 Å². The predicted octanol–water partition coefficient (Wildman–Crippen LogP) is 13.0. The van der Waals surface area contributed by atoms with E-state index >= 15 is 0 Å². The van der Waals surface area contributed by atoms with E-state index in [2.05, 4.69) is 181 Å². The van der Waals surface area contributed by atoms with Crippen LogP contribution in [-0.2, 0) is 5.41 Å². The SMILES string of the molecule is CC1(C)c2ccccc2-c2ccc(-c3nc4ccccc4nc3-n3c4ccccc4c4cc5ccc(-n6c7ccccc7c7ccccc76)cc5cc43)cc21. The van der Waals surface area contributed by atoms with Gasteiger partial charge in [0.2, 0.25) is 0 Å². The second-order valence-electron chi connectivity index (χ2n) is 15.4. The zero-order valence-corrected chi connectivity index (χ0v) is 30.5. The van der Waals surface area contributed by atoms with E-state index in [1.54, 1.807) is 0 Å². The highest BCUT2D eigenvalue weighted by atomic mass is 15.1. The number of benzene rings is 8. The minimum atomic E-state index is -0.133. The van der Waals surface area contributed by atoms with Gasteiger partial charge in [0.15, 0.2) is 5.82 Å². The summed E-state index contributed by atoms with van der Waals surface area (Å²) in [4.78, 5) is 10.9. The maximum absolute atomic E-state index is 5.47. The Morgan fingerprint density at radius 1 is 0.418 bits per heavy atom. The molecule has 12 rings (SSSR count). The molecule has 0 saturated carbocycles. The van der Waals surface area contributed by atoms with E-state index in [1.165, 1.54) is 65.6 Å². The monoisotopic (exact) mass is 702 g/mol. The molecule has 55 heavy (non-hydrogen) atoms. The standard InChI is InChI=1S/C51H34N4/c1-51(2)41-17-7-3-13-35(41)36-26-24-32(29-42(36)51)49-50(53-44-19-9-8-18-43(44)52-49)55-47-22-12-6-16-39(47)40-28-31-23-25-34(27-33(31)30-48(40)55)54-45-20-10-4-14-37(45)38-15-5-11-21-46(38)54/h3-30H,1-2H3. The van der Waals surface area contributed by atoms with Crippen LogP contribution < -0.4 is 0 Å². The molecule has 3 aromatic heterocycles. The molecule has 4 nitrogen and oxygen atoms in total. The number of fused-ring (bicyclic) bond motifs is 11. The second kappa shape index (κ2) is 11.0. The summed E-state index contributed by atoms with van der Waals surface area (Å²) in [6, 6.07) is 61.6. The Labute approximate surface area is 317 Å². The lowest BCUT2D eigenvalue weighted by Crippen LogP contribution is -2.15. The van der Waals surface area contributed by atoms with Gasteiger partial charge in [0.05, 0.1) is 33.1 Å². The lowest BCUT2D eigenvalue weighted by molar-refractivity contribution is 0.660. The molecule has 8 aromatic carbocycles. The highest BCUT2D eigenvalue weighted by molar-refractivity contribution is 6.14. The molecule has 4 heteroatoms. The summed E-state index contributed by atoms with van der Waals surface area (Å²) in [6.45, 7) is 4.67. The fraction of sp³-hybridized carbons (Fsp3) is 0.0588. The fourth-order valence-corrected chi connectivity index (χ4v) is 9.46. The number of hydrogen-bond acceptors (Lipinski definition) is 2. The lowest BCUT2D eigenvalue weighted by atomic mass is 9.82. The Balaban J connectivity index is 1.13. The van der Waals surface area contributed by atoms with Gasteiger partial charge < -0.3 is 4.57 Å². The molecule has 0 unspecified atom stereocenters. The van der Waals surface area contributed by atoms with Crippen LogP contribution >= 0.6 is 0 Å². The molecule has 3 heterocycles. The van der Waals surface area contributed by atoms with E-state index in [0.29, 0.717) is 0 Å². The molecule has 0 amide bonds. The zero-order chi connectivity index (χ0) is 36.4. The van der Waals surface area contributed by atoms with Crippen LogP contribution in [0.2, 0.25) is 0 Å². The van der Waals surface area contributed by atoms with E-state index in [1.807, 2.05) is 12.1 Å². The molecule has 0 N–H and O–H groups in total. The Morgan fingerprint density at radius 3 is 1.76 bits per heavy atom. The molecule has 11 aromatic rings. The van der Waals surface area contributed by atoms with Crippen LogP contribution in [0.25, 0.3) is 99.3 Å². The number of aromatic nitrogens is 4. The fourth-order valence-electron chi connectivity index (χ4n) is 9.46. The van der Waals surface area contributed by atoms with Crippen LogP contribution in [0.5, 0.6) is 0 Å². The lowest BCUT2D eigenvalue weighted by Gasteiger charge is -2.22. The Morgan fingerprint density at radius 2 is 1.02 bits per heavy atom. The summed E-state index contributed by atoms with van der Waals surface area (Å²) in [5, 5.41) is 7.27. The normalized spacial score (nSPS) is 13.4. The maximum Gasteiger partial charge on any atom is 0.165 e. The molecule has 0 spiro atoms. The molecule has 0 bridgehead atoms. The van der Waals surface area contributed by atoms with Crippen LogP contribution in [0.4, 0.5) is 0 Å². The first-order chi connectivity index (χ1) is 27.0. The predicted molar refractivity (Wildman–Crippen MR) is 229 cm³/mol. The van der Waals surface area contributed by atoms with Gasteiger partial charge >= 0.3 is 0 Å². The first-order valence-electron chi connectivity index (χ1n) is 19.0. The largest absolute Gasteiger partial charge is 0.309 e. The maximum atomic E-state index is 5.47. The number of para-hydroxylation sites is 5. The van der Waals surface area contributed by atoms with E-state index in [0.717, 1.165) is 44.8 Å². The van der Waals surface area contributed by atoms with Crippen molar-refractivity contribution in [2.75, 3.05) is 0 Å². The van der Waals surface area contributed by atoms with Gasteiger partial charge in [-0.05, 0) is 93.7 Å². The van der Waals surface area contributed by atoms with Gasteiger partial charge in [0.25, 0.3) is 0 Å². The average molecular weight is 703 g/mol. The van der Waals surface area contributed by atoms with Crippen molar-refractivity contribution in [2.24, 2.45) is 0 Å². The third kappa shape index (κ3) is 4.22. The van der Waals surface area contributed by atoms with Crippen molar-refractivity contribution < 1.29 is 0 Å². The van der Waals surface area contributed by atoms with Gasteiger partial charge in [-0.15, -0.1) is 0 Å². The second-order valence-corrected chi connectivity index (χ2v) is 15.4. The van der Waals surface area contributed by atoms with Crippen molar-refractivity contribution in [2.45, 2.75) is 19.3 Å². The van der Waals surface area contributed by atoms with Crippen LogP contribution in [-0.4, -0.2) is 19.1 Å². The van der Waals surface area contributed by atoms with Crippen LogP contribution in [0.3, 0.4) is 0 Å². The van der Waals surface area contributed by atoms with E-state index in [4.69, 9.17) is 9.97 Å². The third-order valence-corrected chi connectivity index (χ3v) is 12.1. The summed E-state index contributed by atoms with van der Waals surface area (Å²) in [6.07, 6.45) is 0. The molecule has 0 atom stereocenters. The topological polar surface area (TPSA) is 35.6 Å². The van der Waals surface area contributed by atoms with Crippen molar-refractivity contribution in [1.29, 1.82) is 0 Å². The molecular formula is C51H34N4. The summed E-state index contributed by atoms with van der Waals surface area (Å²) >= 11 is 0. The highest BCUT2D eigenvalue weighted by Crippen LogP contribution is 2.50. The third-order valence-electron chi connectivity index (χ3n) is 12.1. The van der Waals surface area contributed by atoms with Crippen LogP contribution in [0, 0.1) is 0 Å². The minimum Gasteiger partial charge on any atom is -0.309 e. The molecular weight excluding hydrogens is 669 g/mol. The summed E-state index contributed by atoms with van der Waals surface area (Å²) in [5.74, 6) is 0.830. The zero-order valence-electron chi connectivity index (χ0n) is 30.5. The average Bonchev–Trinajstić information content (AvgIpc) is 3.82. The van der Waals surface area contributed by atoms with Crippen molar-refractivity contribution >= 4 is 65.4 Å². The summed E-state index contributed by atoms with van der Waals surface area (Å²) in [5.41, 5.74) is 14.6. The smallest absolute Gasteiger partial charge is 0.165 e. The Bertz CT molecular complexity index is 3360. The van der Waals surface area contributed by atoms with Gasteiger partial charge in [-0.2, -0.15) is 0 Å². The molecule has 0 radical (unpaired) electrons. The van der Waals surface area contributed by atoms with Crippen molar-refractivity contribution in [3.8, 4) is 33.9 Å². The van der Waals surface area contributed by atoms with E-state index in [9.17, 15) is 0 Å². The van der Waals surface area contributed by atoms with Crippen LogP contribution in [0.1, 0.15) is 25.0 Å². The van der Waals surface area contributed by atoms with Crippen LogP contribution in [0.15, 0.2) is 170 Å². The number of rotatable bonds is 3. The molecule has 1 aliphatic carbocycles.